The second-order valence-corrected chi connectivity index (χ2v) is 5.28. The van der Waals surface area contributed by atoms with Crippen LogP contribution >= 0.6 is 0 Å². The number of hydrogen-bond acceptors (Lipinski definition) is 4. The van der Waals surface area contributed by atoms with Gasteiger partial charge in [0.25, 0.3) is 0 Å². The minimum Gasteiger partial charge on any atom is -0.339 e. The van der Waals surface area contributed by atoms with E-state index in [0.717, 1.165) is 18.3 Å². The van der Waals surface area contributed by atoms with E-state index in [1.165, 1.54) is 4.90 Å². The maximum atomic E-state index is 12.7. The molecule has 2 aliphatic heterocycles. The monoisotopic (exact) mass is 326 g/mol. The van der Waals surface area contributed by atoms with Gasteiger partial charge in [0.2, 0.25) is 11.8 Å². The third-order valence-electron chi connectivity index (χ3n) is 3.89. The molecule has 1 aromatic heterocycles. The van der Waals surface area contributed by atoms with Crippen molar-refractivity contribution in [2.75, 3.05) is 29.9 Å². The van der Waals surface area contributed by atoms with Crippen LogP contribution in [0, 0.1) is 0 Å². The normalized spacial score (nSPS) is 20.5. The Labute approximate surface area is 129 Å². The van der Waals surface area contributed by atoms with Gasteiger partial charge in [-0.15, -0.1) is 0 Å². The average molecular weight is 326 g/mol. The molecule has 0 aliphatic carbocycles. The van der Waals surface area contributed by atoms with Crippen LogP contribution < -0.4 is 10.2 Å². The number of anilines is 2. The van der Waals surface area contributed by atoms with E-state index in [9.17, 15) is 22.8 Å². The zero-order chi connectivity index (χ0) is 16.8. The number of fused-ring (bicyclic) bond motifs is 3. The first-order valence-electron chi connectivity index (χ1n) is 6.87. The van der Waals surface area contributed by atoms with Gasteiger partial charge in [-0.1, -0.05) is 6.58 Å². The number of hydrogen-bond donors (Lipinski definition) is 1. The molecular weight excluding hydrogens is 313 g/mol. The highest BCUT2D eigenvalue weighted by molar-refractivity contribution is 6.03. The van der Waals surface area contributed by atoms with E-state index < -0.39 is 23.7 Å². The number of piperazine rings is 1. The number of carbonyl (C=O) groups excluding carboxylic acids is 2. The third kappa shape index (κ3) is 2.62. The Kier molecular flexibility index (Phi) is 3.50. The molecule has 1 fully saturated rings. The summed E-state index contributed by atoms with van der Waals surface area (Å²) in [5, 5.41) is 2.44. The first-order chi connectivity index (χ1) is 10.8. The van der Waals surface area contributed by atoms with Crippen molar-refractivity contribution in [1.82, 2.24) is 9.88 Å². The molecule has 2 amide bonds. The topological polar surface area (TPSA) is 65.5 Å². The van der Waals surface area contributed by atoms with Gasteiger partial charge in [-0.2, -0.15) is 13.2 Å². The first kappa shape index (κ1) is 15.3. The second-order valence-electron chi connectivity index (χ2n) is 5.28. The molecule has 6 nitrogen and oxygen atoms in total. The summed E-state index contributed by atoms with van der Waals surface area (Å²) in [5.74, 6) is -0.461. The summed E-state index contributed by atoms with van der Waals surface area (Å²) in [6.45, 7) is 4.19. The Balaban J connectivity index is 1.92. The smallest absolute Gasteiger partial charge is 0.339 e. The number of amides is 2. The summed E-state index contributed by atoms with van der Waals surface area (Å²) in [5.41, 5.74) is -0.889. The fourth-order valence-electron chi connectivity index (χ4n) is 2.74. The van der Waals surface area contributed by atoms with Crippen LogP contribution in [-0.2, 0) is 15.8 Å². The molecule has 122 valence electrons. The maximum absolute atomic E-state index is 12.7. The molecule has 2 aliphatic rings. The highest BCUT2D eigenvalue weighted by Gasteiger charge is 2.40. The van der Waals surface area contributed by atoms with Gasteiger partial charge in [-0.05, 0) is 12.1 Å². The van der Waals surface area contributed by atoms with Crippen molar-refractivity contribution in [1.29, 1.82) is 0 Å². The van der Waals surface area contributed by atoms with Gasteiger partial charge >= 0.3 is 6.18 Å². The van der Waals surface area contributed by atoms with Crippen molar-refractivity contribution in [3.8, 4) is 0 Å². The predicted molar refractivity (Wildman–Crippen MR) is 75.8 cm³/mol. The van der Waals surface area contributed by atoms with Crippen LogP contribution in [0.1, 0.15) is 5.56 Å². The zero-order valence-corrected chi connectivity index (χ0v) is 11.9. The van der Waals surface area contributed by atoms with E-state index in [1.54, 1.807) is 4.90 Å². The average Bonchev–Trinajstić information content (AvgIpc) is 2.52. The molecule has 3 rings (SSSR count). The Morgan fingerprint density at radius 3 is 2.83 bits per heavy atom. The van der Waals surface area contributed by atoms with Crippen molar-refractivity contribution in [2.24, 2.45) is 0 Å². The lowest BCUT2D eigenvalue weighted by Gasteiger charge is -2.44. The number of rotatable bonds is 1. The van der Waals surface area contributed by atoms with E-state index >= 15 is 0 Å². The Hall–Kier alpha value is -2.58. The minimum absolute atomic E-state index is 0.0320. The van der Waals surface area contributed by atoms with Crippen LogP contribution in [0.5, 0.6) is 0 Å². The highest BCUT2D eigenvalue weighted by atomic mass is 19.4. The fraction of sp³-hybridized carbons (Fsp3) is 0.357. The lowest BCUT2D eigenvalue weighted by atomic mass is 10.1. The van der Waals surface area contributed by atoms with Crippen molar-refractivity contribution in [3.63, 3.8) is 0 Å². The van der Waals surface area contributed by atoms with Crippen molar-refractivity contribution < 1.29 is 22.8 Å². The van der Waals surface area contributed by atoms with Crippen LogP contribution in [0.15, 0.2) is 24.9 Å². The second kappa shape index (κ2) is 5.25. The van der Waals surface area contributed by atoms with Gasteiger partial charge in [-0.3, -0.25) is 9.59 Å². The third-order valence-corrected chi connectivity index (χ3v) is 3.89. The number of halogens is 3. The first-order valence-corrected chi connectivity index (χ1v) is 6.87. The van der Waals surface area contributed by atoms with Gasteiger partial charge in [0.15, 0.2) is 5.82 Å². The predicted octanol–water partition coefficient (Wildman–Crippen LogP) is 1.26. The highest BCUT2D eigenvalue weighted by Crippen LogP contribution is 2.37. The Bertz CT molecular complexity index is 689. The summed E-state index contributed by atoms with van der Waals surface area (Å²) < 4.78 is 38.2. The standard InChI is InChI=1S/C14H13F3N4O2/c1-2-11(22)20-3-4-21-10(7-20)13(23)19-9-5-8(14(15,16)17)6-18-12(9)21/h2,5-6,10H,1,3-4,7H2,(H,19,23)/t10-/m1/s1. The molecule has 23 heavy (non-hydrogen) atoms. The molecule has 1 saturated heterocycles. The number of nitrogens with zero attached hydrogens (tertiary/aromatic N) is 3. The summed E-state index contributed by atoms with van der Waals surface area (Å²) in [4.78, 5) is 30.8. The quantitative estimate of drug-likeness (QED) is 0.789. The number of nitrogens with one attached hydrogen (secondary N) is 1. The largest absolute Gasteiger partial charge is 0.417 e. The minimum atomic E-state index is -4.53. The molecular formula is C14H13F3N4O2. The van der Waals surface area contributed by atoms with E-state index in [0.29, 0.717) is 13.1 Å². The van der Waals surface area contributed by atoms with Crippen molar-refractivity contribution in [3.05, 3.63) is 30.5 Å². The molecule has 0 bridgehead atoms. The van der Waals surface area contributed by atoms with E-state index in [-0.39, 0.29) is 24.0 Å². The lowest BCUT2D eigenvalue weighted by Crippen LogP contribution is -2.61. The molecule has 3 heterocycles. The van der Waals surface area contributed by atoms with Gasteiger partial charge in [0.1, 0.15) is 6.04 Å². The van der Waals surface area contributed by atoms with Gasteiger partial charge < -0.3 is 15.1 Å². The molecule has 1 atom stereocenters. The number of pyridine rings is 1. The summed E-state index contributed by atoms with van der Waals surface area (Å²) in [6.07, 6.45) is -2.62. The molecule has 1 aromatic rings. The SMILES string of the molecule is C=CC(=O)N1CCN2c3ncc(C(F)(F)F)cc3NC(=O)[C@H]2C1. The van der Waals surface area contributed by atoms with Crippen LogP contribution in [0.4, 0.5) is 24.7 Å². The zero-order valence-electron chi connectivity index (χ0n) is 11.9. The maximum Gasteiger partial charge on any atom is 0.417 e. The van der Waals surface area contributed by atoms with E-state index in [1.807, 2.05) is 0 Å². The molecule has 0 unspecified atom stereocenters. The van der Waals surface area contributed by atoms with Crippen LogP contribution in [-0.4, -0.2) is 47.4 Å². The van der Waals surface area contributed by atoms with Crippen LogP contribution in [0.25, 0.3) is 0 Å². The summed E-state index contributed by atoms with van der Waals surface area (Å²) in [6, 6.07) is 0.196. The molecule has 1 N–H and O–H groups in total. The number of alkyl halides is 3. The summed E-state index contributed by atoms with van der Waals surface area (Å²) >= 11 is 0. The van der Waals surface area contributed by atoms with Gasteiger partial charge in [0, 0.05) is 19.3 Å². The lowest BCUT2D eigenvalue weighted by molar-refractivity contribution is -0.138. The van der Waals surface area contributed by atoms with Crippen molar-refractivity contribution >= 4 is 23.3 Å². The molecule has 0 radical (unpaired) electrons. The molecule has 0 aromatic carbocycles. The Morgan fingerprint density at radius 2 is 2.17 bits per heavy atom. The molecule has 9 heteroatoms. The molecule has 0 saturated carbocycles. The van der Waals surface area contributed by atoms with Crippen LogP contribution in [0.3, 0.4) is 0 Å². The number of aromatic nitrogens is 1. The van der Waals surface area contributed by atoms with Gasteiger partial charge in [-0.25, -0.2) is 4.98 Å². The van der Waals surface area contributed by atoms with Gasteiger partial charge in [0.05, 0.1) is 17.8 Å². The van der Waals surface area contributed by atoms with Crippen molar-refractivity contribution in [2.45, 2.75) is 12.2 Å². The van der Waals surface area contributed by atoms with E-state index in [4.69, 9.17) is 0 Å². The molecule has 0 spiro atoms. The Morgan fingerprint density at radius 1 is 1.43 bits per heavy atom. The number of carbonyl (C=O) groups is 2. The summed E-state index contributed by atoms with van der Waals surface area (Å²) in [7, 11) is 0. The van der Waals surface area contributed by atoms with E-state index in [2.05, 4.69) is 16.9 Å². The fourth-order valence-corrected chi connectivity index (χ4v) is 2.74. The van der Waals surface area contributed by atoms with Crippen LogP contribution in [0.2, 0.25) is 0 Å².